The molecule has 1 aromatic heterocycles. The molecule has 0 radical (unpaired) electrons. The average molecular weight is 494 g/mol. The fourth-order valence-corrected chi connectivity index (χ4v) is 4.90. The highest BCUT2D eigenvalue weighted by Gasteiger charge is 2.34. The standard InChI is InChI=1S/C22H28FN5O5S/c1-15(2)19(26-34(31,32)18-8-5-4-7-17(18)23)21(30)33-16(3)20(29)27-11-13-28(14-12-27)22-24-9-6-10-25-22/h4-10,15-16,19,26H,11-14H2,1-3H3/t16?,19-/m0/s1. The Hall–Kier alpha value is -3.12. The Labute approximate surface area is 198 Å². The van der Waals surface area contributed by atoms with Gasteiger partial charge in [0.1, 0.15) is 16.8 Å². The Bertz CT molecular complexity index is 1110. The number of anilines is 1. The number of nitrogens with zero attached hydrogens (tertiary/aromatic N) is 4. The van der Waals surface area contributed by atoms with E-state index < -0.39 is 44.8 Å². The second-order valence-corrected chi connectivity index (χ2v) is 9.90. The lowest BCUT2D eigenvalue weighted by Crippen LogP contribution is -2.53. The van der Waals surface area contributed by atoms with Gasteiger partial charge in [0.05, 0.1) is 0 Å². The summed E-state index contributed by atoms with van der Waals surface area (Å²) < 4.78 is 46.8. The molecule has 10 nitrogen and oxygen atoms in total. The molecule has 1 aromatic carbocycles. The Kier molecular flexibility index (Phi) is 8.15. The number of benzene rings is 1. The number of carbonyl (C=O) groups excluding carboxylic acids is 2. The van der Waals surface area contributed by atoms with E-state index in [1.165, 1.54) is 19.1 Å². The monoisotopic (exact) mass is 493 g/mol. The number of piperazine rings is 1. The van der Waals surface area contributed by atoms with Crippen LogP contribution in [0.5, 0.6) is 0 Å². The van der Waals surface area contributed by atoms with Crippen molar-refractivity contribution < 1.29 is 27.1 Å². The van der Waals surface area contributed by atoms with Gasteiger partial charge in [-0.15, -0.1) is 0 Å². The Morgan fingerprint density at radius 2 is 1.65 bits per heavy atom. The molecule has 0 aliphatic carbocycles. The first-order chi connectivity index (χ1) is 16.1. The summed E-state index contributed by atoms with van der Waals surface area (Å²) in [6, 6.07) is 5.29. The van der Waals surface area contributed by atoms with Crippen LogP contribution in [0.3, 0.4) is 0 Å². The normalized spacial score (nSPS) is 16.3. The summed E-state index contributed by atoms with van der Waals surface area (Å²) in [6.45, 7) is 6.51. The van der Waals surface area contributed by atoms with Crippen molar-refractivity contribution in [2.24, 2.45) is 5.92 Å². The highest BCUT2D eigenvalue weighted by molar-refractivity contribution is 7.89. The number of hydrogen-bond acceptors (Lipinski definition) is 8. The van der Waals surface area contributed by atoms with Gasteiger partial charge in [-0.25, -0.2) is 22.8 Å². The Morgan fingerprint density at radius 3 is 2.24 bits per heavy atom. The number of amides is 1. The fraction of sp³-hybridized carbons (Fsp3) is 0.455. The van der Waals surface area contributed by atoms with Gasteiger partial charge < -0.3 is 14.5 Å². The Morgan fingerprint density at radius 1 is 1.03 bits per heavy atom. The first-order valence-corrected chi connectivity index (χ1v) is 12.4. The van der Waals surface area contributed by atoms with Crippen LogP contribution < -0.4 is 9.62 Å². The molecule has 1 fully saturated rings. The van der Waals surface area contributed by atoms with E-state index in [0.717, 1.165) is 12.1 Å². The lowest BCUT2D eigenvalue weighted by Gasteiger charge is -2.35. The van der Waals surface area contributed by atoms with Crippen LogP contribution in [-0.2, 0) is 24.3 Å². The van der Waals surface area contributed by atoms with E-state index >= 15 is 0 Å². The number of ether oxygens (including phenoxy) is 1. The summed E-state index contributed by atoms with van der Waals surface area (Å²) in [6.07, 6.45) is 2.17. The van der Waals surface area contributed by atoms with Crippen LogP contribution >= 0.6 is 0 Å². The van der Waals surface area contributed by atoms with Crippen LogP contribution in [0.4, 0.5) is 10.3 Å². The number of rotatable bonds is 8. The van der Waals surface area contributed by atoms with E-state index in [1.807, 2.05) is 4.90 Å². The smallest absolute Gasteiger partial charge is 0.325 e. The molecular formula is C22H28FN5O5S. The summed E-state index contributed by atoms with van der Waals surface area (Å²) in [5.41, 5.74) is 0. The van der Waals surface area contributed by atoms with Gasteiger partial charge in [-0.2, -0.15) is 4.72 Å². The van der Waals surface area contributed by atoms with Gasteiger partial charge in [0, 0.05) is 38.6 Å². The van der Waals surface area contributed by atoms with Crippen LogP contribution in [0.2, 0.25) is 0 Å². The predicted molar refractivity (Wildman–Crippen MR) is 122 cm³/mol. The molecule has 2 heterocycles. The maximum Gasteiger partial charge on any atom is 0.325 e. The van der Waals surface area contributed by atoms with Crippen LogP contribution in [0.1, 0.15) is 20.8 Å². The minimum absolute atomic E-state index is 0.388. The molecule has 1 unspecified atom stereocenters. The van der Waals surface area contributed by atoms with Crippen LogP contribution in [0.15, 0.2) is 47.6 Å². The van der Waals surface area contributed by atoms with Crippen molar-refractivity contribution in [2.75, 3.05) is 31.1 Å². The quantitative estimate of drug-likeness (QED) is 0.545. The van der Waals surface area contributed by atoms with E-state index in [9.17, 15) is 22.4 Å². The fourth-order valence-electron chi connectivity index (χ4n) is 3.49. The largest absolute Gasteiger partial charge is 0.451 e. The highest BCUT2D eigenvalue weighted by Crippen LogP contribution is 2.17. The van der Waals surface area contributed by atoms with Gasteiger partial charge in [0.25, 0.3) is 5.91 Å². The predicted octanol–water partition coefficient (Wildman–Crippen LogP) is 1.20. The van der Waals surface area contributed by atoms with E-state index in [2.05, 4.69) is 14.7 Å². The molecule has 3 rings (SSSR count). The highest BCUT2D eigenvalue weighted by atomic mass is 32.2. The minimum atomic E-state index is -4.33. The molecule has 0 bridgehead atoms. The zero-order valence-corrected chi connectivity index (χ0v) is 20.0. The van der Waals surface area contributed by atoms with Gasteiger partial charge in [-0.3, -0.25) is 9.59 Å². The molecule has 0 spiro atoms. The number of aromatic nitrogens is 2. The number of hydrogen-bond donors (Lipinski definition) is 1. The summed E-state index contributed by atoms with van der Waals surface area (Å²) in [4.78, 5) is 37.0. The number of halogens is 1. The second kappa shape index (κ2) is 10.9. The van der Waals surface area contributed by atoms with Gasteiger partial charge in [-0.05, 0) is 31.0 Å². The van der Waals surface area contributed by atoms with Crippen molar-refractivity contribution in [3.63, 3.8) is 0 Å². The average Bonchev–Trinajstić information content (AvgIpc) is 2.82. The maximum atomic E-state index is 14.0. The number of nitrogens with one attached hydrogen (secondary N) is 1. The summed E-state index contributed by atoms with van der Waals surface area (Å²) in [5.74, 6) is -2.16. The molecule has 12 heteroatoms. The molecule has 1 aliphatic rings. The first-order valence-electron chi connectivity index (χ1n) is 10.9. The Balaban J connectivity index is 1.60. The lowest BCUT2D eigenvalue weighted by atomic mass is 10.1. The van der Waals surface area contributed by atoms with Gasteiger partial charge in [0.15, 0.2) is 6.10 Å². The molecule has 34 heavy (non-hydrogen) atoms. The van der Waals surface area contributed by atoms with E-state index in [1.54, 1.807) is 37.2 Å². The zero-order chi connectivity index (χ0) is 24.9. The zero-order valence-electron chi connectivity index (χ0n) is 19.2. The molecule has 2 aromatic rings. The summed E-state index contributed by atoms with van der Waals surface area (Å²) in [7, 11) is -4.33. The van der Waals surface area contributed by atoms with Crippen molar-refractivity contribution in [1.29, 1.82) is 0 Å². The van der Waals surface area contributed by atoms with Gasteiger partial charge in [0.2, 0.25) is 16.0 Å². The third-order valence-electron chi connectivity index (χ3n) is 5.40. The lowest BCUT2D eigenvalue weighted by molar-refractivity contribution is -0.161. The summed E-state index contributed by atoms with van der Waals surface area (Å²) in [5, 5.41) is 0. The molecule has 1 N–H and O–H groups in total. The van der Waals surface area contributed by atoms with Crippen molar-refractivity contribution in [3.05, 3.63) is 48.5 Å². The van der Waals surface area contributed by atoms with Crippen molar-refractivity contribution in [1.82, 2.24) is 19.6 Å². The van der Waals surface area contributed by atoms with Crippen LogP contribution in [0.25, 0.3) is 0 Å². The molecule has 1 aliphatic heterocycles. The SMILES string of the molecule is CC(OC(=O)[C@@H](NS(=O)(=O)c1ccccc1F)C(C)C)C(=O)N1CCN(c2ncccn2)CC1. The van der Waals surface area contributed by atoms with Crippen molar-refractivity contribution in [2.45, 2.75) is 37.8 Å². The maximum absolute atomic E-state index is 14.0. The van der Waals surface area contributed by atoms with Crippen LogP contribution in [-0.4, -0.2) is 73.5 Å². The van der Waals surface area contributed by atoms with E-state index in [-0.39, 0.29) is 5.91 Å². The minimum Gasteiger partial charge on any atom is -0.451 e. The van der Waals surface area contributed by atoms with Crippen molar-refractivity contribution >= 4 is 27.8 Å². The van der Waals surface area contributed by atoms with Gasteiger partial charge >= 0.3 is 5.97 Å². The number of esters is 1. The third kappa shape index (κ3) is 6.06. The molecule has 2 atom stereocenters. The van der Waals surface area contributed by atoms with Gasteiger partial charge in [-0.1, -0.05) is 26.0 Å². The molecular weight excluding hydrogens is 465 g/mol. The third-order valence-corrected chi connectivity index (χ3v) is 6.87. The second-order valence-electron chi connectivity index (χ2n) is 8.21. The van der Waals surface area contributed by atoms with Crippen LogP contribution in [0, 0.1) is 11.7 Å². The van der Waals surface area contributed by atoms with E-state index in [0.29, 0.717) is 32.1 Å². The number of carbonyl (C=O) groups is 2. The molecule has 0 saturated carbocycles. The molecule has 184 valence electrons. The molecule has 1 amide bonds. The van der Waals surface area contributed by atoms with E-state index in [4.69, 9.17) is 4.74 Å². The first kappa shape index (κ1) is 25.5. The van der Waals surface area contributed by atoms with Crippen molar-refractivity contribution in [3.8, 4) is 0 Å². The summed E-state index contributed by atoms with van der Waals surface area (Å²) >= 11 is 0. The number of sulfonamides is 1. The topological polar surface area (TPSA) is 122 Å². The molecule has 1 saturated heterocycles.